The number of para-hydroxylation sites is 1. The summed E-state index contributed by atoms with van der Waals surface area (Å²) in [4.78, 5) is 2.57. The van der Waals surface area contributed by atoms with Crippen molar-refractivity contribution in [1.29, 1.82) is 0 Å². The molecule has 4 heteroatoms. The van der Waals surface area contributed by atoms with Crippen LogP contribution in [0, 0.1) is 0 Å². The van der Waals surface area contributed by atoms with E-state index in [9.17, 15) is 0 Å². The molecule has 0 radical (unpaired) electrons. The van der Waals surface area contributed by atoms with E-state index < -0.39 is 0 Å². The lowest BCUT2D eigenvalue weighted by atomic mass is 9.97. The molecular weight excluding hydrogens is 262 g/mol. The molecule has 2 heterocycles. The summed E-state index contributed by atoms with van der Waals surface area (Å²) in [6.45, 7) is 3.50. The molecule has 1 saturated heterocycles. The average molecular weight is 285 g/mol. The van der Waals surface area contributed by atoms with E-state index in [1.807, 2.05) is 18.5 Å². The van der Waals surface area contributed by atoms with Crippen molar-refractivity contribution >= 4 is 0 Å². The predicted molar refractivity (Wildman–Crippen MR) is 83.7 cm³/mol. The van der Waals surface area contributed by atoms with E-state index >= 15 is 0 Å². The van der Waals surface area contributed by atoms with Crippen LogP contribution in [0.15, 0.2) is 36.7 Å². The van der Waals surface area contributed by atoms with Gasteiger partial charge >= 0.3 is 0 Å². The highest BCUT2D eigenvalue weighted by atomic mass is 16.5. The first-order valence-electron chi connectivity index (χ1n) is 7.69. The number of methoxy groups -OCH3 is 1. The molecule has 0 amide bonds. The van der Waals surface area contributed by atoms with E-state index in [2.05, 4.69) is 33.3 Å². The molecule has 1 aliphatic rings. The highest BCUT2D eigenvalue weighted by molar-refractivity contribution is 5.37. The van der Waals surface area contributed by atoms with Crippen molar-refractivity contribution in [2.45, 2.75) is 25.2 Å². The van der Waals surface area contributed by atoms with Crippen molar-refractivity contribution < 1.29 is 4.74 Å². The second kappa shape index (κ2) is 6.76. The molecule has 21 heavy (non-hydrogen) atoms. The number of hydrogen-bond donors (Lipinski definition) is 1. The molecule has 0 unspecified atom stereocenters. The van der Waals surface area contributed by atoms with Crippen LogP contribution >= 0.6 is 0 Å². The van der Waals surface area contributed by atoms with Gasteiger partial charge in [0.2, 0.25) is 0 Å². The molecule has 1 aromatic heterocycles. The minimum absolute atomic E-state index is 0.607. The summed E-state index contributed by atoms with van der Waals surface area (Å²) in [5.41, 5.74) is 2.66. The molecule has 1 aromatic carbocycles. The van der Waals surface area contributed by atoms with Crippen molar-refractivity contribution in [2.75, 3.05) is 26.7 Å². The Morgan fingerprint density at radius 2 is 2.29 bits per heavy atom. The smallest absolute Gasteiger partial charge is 0.122 e. The number of benzene rings is 1. The van der Waals surface area contributed by atoms with Crippen molar-refractivity contribution in [3.63, 3.8) is 0 Å². The van der Waals surface area contributed by atoms with Gasteiger partial charge in [-0.2, -0.15) is 5.10 Å². The highest BCUT2D eigenvalue weighted by Gasteiger charge is 2.25. The van der Waals surface area contributed by atoms with E-state index in [1.54, 1.807) is 7.11 Å². The zero-order valence-electron chi connectivity index (χ0n) is 12.6. The monoisotopic (exact) mass is 285 g/mol. The van der Waals surface area contributed by atoms with Crippen molar-refractivity contribution in [2.24, 2.45) is 0 Å². The van der Waals surface area contributed by atoms with E-state index in [4.69, 9.17) is 4.74 Å². The molecule has 0 aliphatic carbocycles. The van der Waals surface area contributed by atoms with Gasteiger partial charge in [-0.25, -0.2) is 0 Å². The highest BCUT2D eigenvalue weighted by Crippen LogP contribution is 2.33. The number of nitrogens with zero attached hydrogens (tertiary/aromatic N) is 2. The normalized spacial score (nSPS) is 19.0. The second-order valence-corrected chi connectivity index (χ2v) is 5.74. The maximum absolute atomic E-state index is 5.49. The third kappa shape index (κ3) is 3.45. The Labute approximate surface area is 126 Å². The van der Waals surface area contributed by atoms with Crippen molar-refractivity contribution in [3.05, 3.63) is 47.8 Å². The first-order chi connectivity index (χ1) is 10.4. The summed E-state index contributed by atoms with van der Waals surface area (Å²) in [6, 6.07) is 8.43. The van der Waals surface area contributed by atoms with Crippen LogP contribution < -0.4 is 4.74 Å². The lowest BCUT2D eigenvalue weighted by Crippen LogP contribution is -2.22. The number of rotatable bonds is 6. The van der Waals surface area contributed by atoms with E-state index in [0.29, 0.717) is 5.92 Å². The zero-order chi connectivity index (χ0) is 14.5. The third-order valence-electron chi connectivity index (χ3n) is 4.35. The Hall–Kier alpha value is -1.81. The van der Waals surface area contributed by atoms with Gasteiger partial charge in [0.05, 0.1) is 13.3 Å². The van der Waals surface area contributed by atoms with Gasteiger partial charge in [0.1, 0.15) is 5.75 Å². The summed E-state index contributed by atoms with van der Waals surface area (Å²) >= 11 is 0. The number of aromatic nitrogens is 2. The van der Waals surface area contributed by atoms with Crippen LogP contribution in [-0.2, 0) is 6.42 Å². The number of likely N-dealkylation sites (tertiary alicyclic amines) is 1. The topological polar surface area (TPSA) is 41.1 Å². The van der Waals surface area contributed by atoms with Gasteiger partial charge in [-0.05, 0) is 49.5 Å². The number of aryl methyl sites for hydroxylation is 1. The lowest BCUT2D eigenvalue weighted by Gasteiger charge is -2.17. The maximum Gasteiger partial charge on any atom is 0.122 e. The predicted octanol–water partition coefficient (Wildman–Crippen LogP) is 2.84. The quantitative estimate of drug-likeness (QED) is 0.887. The summed E-state index contributed by atoms with van der Waals surface area (Å²) < 4.78 is 5.49. The van der Waals surface area contributed by atoms with Gasteiger partial charge < -0.3 is 9.64 Å². The minimum atomic E-state index is 0.607. The van der Waals surface area contributed by atoms with Gasteiger partial charge in [-0.15, -0.1) is 0 Å². The fourth-order valence-electron chi connectivity index (χ4n) is 3.21. The molecule has 1 N–H and O–H groups in total. The van der Waals surface area contributed by atoms with E-state index in [-0.39, 0.29) is 0 Å². The van der Waals surface area contributed by atoms with Gasteiger partial charge in [0.25, 0.3) is 0 Å². The number of nitrogens with one attached hydrogen (secondary N) is 1. The Morgan fingerprint density at radius 1 is 1.38 bits per heavy atom. The largest absolute Gasteiger partial charge is 0.496 e. The molecule has 1 fully saturated rings. The average Bonchev–Trinajstić information content (AvgIpc) is 3.19. The molecule has 2 aromatic rings. The van der Waals surface area contributed by atoms with Gasteiger partial charge in [0.15, 0.2) is 0 Å². The van der Waals surface area contributed by atoms with E-state index in [1.165, 1.54) is 30.5 Å². The Bertz CT molecular complexity index is 553. The molecule has 0 saturated carbocycles. The minimum Gasteiger partial charge on any atom is -0.496 e. The molecule has 0 bridgehead atoms. The Balaban J connectivity index is 1.51. The molecular formula is C17H23N3O. The van der Waals surface area contributed by atoms with Crippen LogP contribution in [-0.4, -0.2) is 41.8 Å². The zero-order valence-corrected chi connectivity index (χ0v) is 12.6. The van der Waals surface area contributed by atoms with Crippen LogP contribution in [0.2, 0.25) is 0 Å². The summed E-state index contributed by atoms with van der Waals surface area (Å²) in [5, 5.41) is 6.86. The summed E-state index contributed by atoms with van der Waals surface area (Å²) in [7, 11) is 1.76. The van der Waals surface area contributed by atoms with Crippen LogP contribution in [0.25, 0.3) is 0 Å². The molecule has 4 nitrogen and oxygen atoms in total. The maximum atomic E-state index is 5.49. The second-order valence-electron chi connectivity index (χ2n) is 5.74. The van der Waals surface area contributed by atoms with Gasteiger partial charge in [-0.3, -0.25) is 5.10 Å². The first kappa shape index (κ1) is 14.1. The van der Waals surface area contributed by atoms with Crippen LogP contribution in [0.5, 0.6) is 5.75 Å². The van der Waals surface area contributed by atoms with Gasteiger partial charge in [0, 0.05) is 18.7 Å². The fourth-order valence-corrected chi connectivity index (χ4v) is 3.21. The number of hydrogen-bond acceptors (Lipinski definition) is 3. The fraction of sp³-hybridized carbons (Fsp3) is 0.471. The molecule has 0 spiro atoms. The van der Waals surface area contributed by atoms with Crippen LogP contribution in [0.1, 0.15) is 29.9 Å². The first-order valence-corrected chi connectivity index (χ1v) is 7.69. The summed E-state index contributed by atoms with van der Waals surface area (Å²) in [6.07, 6.45) is 7.43. The van der Waals surface area contributed by atoms with E-state index in [0.717, 1.165) is 25.3 Å². The Morgan fingerprint density at radius 3 is 3.10 bits per heavy atom. The molecule has 112 valence electrons. The van der Waals surface area contributed by atoms with Crippen molar-refractivity contribution in [3.8, 4) is 5.75 Å². The SMILES string of the molecule is COc1ccccc1[C@@H]1CCN(CCCc2cn[nH]c2)C1. The number of H-pyrrole nitrogens is 1. The number of ether oxygens (including phenoxy) is 1. The Kier molecular flexibility index (Phi) is 4.55. The molecule has 1 aliphatic heterocycles. The lowest BCUT2D eigenvalue weighted by molar-refractivity contribution is 0.328. The molecule has 1 atom stereocenters. The van der Waals surface area contributed by atoms with Crippen molar-refractivity contribution in [1.82, 2.24) is 15.1 Å². The number of aromatic amines is 1. The van der Waals surface area contributed by atoms with Gasteiger partial charge in [-0.1, -0.05) is 18.2 Å². The van der Waals surface area contributed by atoms with Crippen LogP contribution in [0.3, 0.4) is 0 Å². The van der Waals surface area contributed by atoms with Crippen LogP contribution in [0.4, 0.5) is 0 Å². The molecule has 3 rings (SSSR count). The standard InChI is InChI=1S/C17H23N3O/c1-21-17-7-3-2-6-16(17)15-8-10-20(13-15)9-4-5-14-11-18-19-12-14/h2-3,6-7,11-12,15H,4-5,8-10,13H2,1H3,(H,18,19)/t15-/m1/s1. The summed E-state index contributed by atoms with van der Waals surface area (Å²) in [5.74, 6) is 1.64. The third-order valence-corrected chi connectivity index (χ3v) is 4.35.